The lowest BCUT2D eigenvalue weighted by molar-refractivity contribution is -0.0538. The fourth-order valence-corrected chi connectivity index (χ4v) is 15.0. The second-order valence-corrected chi connectivity index (χ2v) is 20.0. The number of nitrogens with one attached hydrogen (secondary N) is 1. The molecule has 0 aliphatic carbocycles. The van der Waals surface area contributed by atoms with Crippen LogP contribution < -0.4 is 5.32 Å². The molecule has 2 amide bonds. The SMILES string of the molecule is C=C1NC(=O)N([C@@H]2O[C@H](CCP(=C)(C)CP(=O)(O)CP(C)(C)=O)C(O)[C@@H]2O)C=C1CC. The molecule has 2 rings (SSSR count). The van der Waals surface area contributed by atoms with Crippen LogP contribution in [0.2, 0.25) is 0 Å². The zero-order valence-electron chi connectivity index (χ0n) is 18.6. The minimum Gasteiger partial charge on any atom is -0.388 e. The number of carbonyl (C=O) groups is 1. The summed E-state index contributed by atoms with van der Waals surface area (Å²) in [6, 6.07) is -0.502. The van der Waals surface area contributed by atoms with Crippen LogP contribution in [-0.2, 0) is 13.9 Å². The van der Waals surface area contributed by atoms with Crippen LogP contribution in [0.25, 0.3) is 0 Å². The van der Waals surface area contributed by atoms with E-state index in [1.54, 1.807) is 6.20 Å². The Morgan fingerprint density at radius 3 is 2.35 bits per heavy atom. The summed E-state index contributed by atoms with van der Waals surface area (Å²) in [6.07, 6.45) is 2.75. The molecule has 4 N–H and O–H groups in total. The number of hydrogen-bond donors (Lipinski definition) is 4. The number of urea groups is 1. The van der Waals surface area contributed by atoms with E-state index in [1.807, 2.05) is 13.6 Å². The molecule has 1 fully saturated rings. The Morgan fingerprint density at radius 1 is 1.19 bits per heavy atom. The first-order valence-corrected chi connectivity index (χ1v) is 17.7. The Labute approximate surface area is 184 Å². The summed E-state index contributed by atoms with van der Waals surface area (Å²) in [5.41, 5.74) is 1.27. The summed E-state index contributed by atoms with van der Waals surface area (Å²) < 4.78 is 30.3. The van der Waals surface area contributed by atoms with Crippen molar-refractivity contribution in [1.82, 2.24) is 10.2 Å². The summed E-state index contributed by atoms with van der Waals surface area (Å²) in [5, 5.41) is 23.6. The Bertz CT molecular complexity index is 897. The van der Waals surface area contributed by atoms with Gasteiger partial charge in [-0.25, -0.2) is 4.79 Å². The number of carbonyl (C=O) groups excluding carboxylic acids is 1. The molecular weight excluding hydrogens is 461 g/mol. The Morgan fingerprint density at radius 2 is 1.81 bits per heavy atom. The Kier molecular flexibility index (Phi) is 8.31. The number of nitrogens with zero attached hydrogens (tertiary/aromatic N) is 1. The average molecular weight is 496 g/mol. The van der Waals surface area contributed by atoms with Crippen LogP contribution in [0, 0.1) is 0 Å². The van der Waals surface area contributed by atoms with Gasteiger partial charge in [-0.3, -0.25) is 9.46 Å². The number of hydrogen-bond acceptors (Lipinski definition) is 6. The molecule has 0 radical (unpaired) electrons. The van der Waals surface area contributed by atoms with Gasteiger partial charge in [0.25, 0.3) is 0 Å². The minimum atomic E-state index is -3.59. The van der Waals surface area contributed by atoms with Crippen LogP contribution in [-0.4, -0.2) is 94.8 Å². The van der Waals surface area contributed by atoms with Gasteiger partial charge in [0.05, 0.1) is 19.1 Å². The van der Waals surface area contributed by atoms with E-state index in [-0.39, 0.29) is 11.8 Å². The molecule has 2 heterocycles. The van der Waals surface area contributed by atoms with Crippen molar-refractivity contribution in [2.75, 3.05) is 38.0 Å². The van der Waals surface area contributed by atoms with Gasteiger partial charge in [-0.1, -0.05) is 13.5 Å². The van der Waals surface area contributed by atoms with E-state index in [2.05, 4.69) is 18.2 Å². The third kappa shape index (κ3) is 7.17. The molecule has 0 bridgehead atoms. The van der Waals surface area contributed by atoms with Crippen LogP contribution in [0.15, 0.2) is 24.0 Å². The summed E-state index contributed by atoms with van der Waals surface area (Å²) in [6.45, 7) is 8.40. The molecule has 0 aromatic rings. The van der Waals surface area contributed by atoms with Crippen LogP contribution >= 0.6 is 21.4 Å². The molecular formula is C19H35N2O7P3. The maximum atomic E-state index is 12.5. The van der Waals surface area contributed by atoms with Gasteiger partial charge >= 0.3 is 6.03 Å². The van der Waals surface area contributed by atoms with E-state index in [0.717, 1.165) is 5.57 Å². The highest BCUT2D eigenvalue weighted by molar-refractivity contribution is 7.87. The molecule has 9 nitrogen and oxygen atoms in total. The molecule has 31 heavy (non-hydrogen) atoms. The standard InChI is InChI=1S/C19H35N2O7P3/c1-7-14-10-21(19(24)20-13(14)2)18-17(23)16(22)15(28-18)8-9-29(3,4)11-31(26,27)12-30(5,6)25/h10,15-18,22-23H,2-3,7-9,11-12H2,1,4-6H3,(H,20,24)(H,26,27)/t15-,16?,17+,18-,29?/m1/s1. The molecule has 0 aromatic carbocycles. The van der Waals surface area contributed by atoms with Crippen molar-refractivity contribution >= 4 is 33.7 Å². The van der Waals surface area contributed by atoms with Crippen LogP contribution in [0.3, 0.4) is 0 Å². The third-order valence-electron chi connectivity index (χ3n) is 5.24. The second kappa shape index (κ2) is 9.69. The van der Waals surface area contributed by atoms with Crippen molar-refractivity contribution in [2.24, 2.45) is 0 Å². The fourth-order valence-electron chi connectivity index (χ4n) is 3.89. The first-order chi connectivity index (χ1) is 14.1. The summed E-state index contributed by atoms with van der Waals surface area (Å²) in [7, 11) is -6.24. The van der Waals surface area contributed by atoms with Gasteiger partial charge in [-0.15, -0.1) is 13.2 Å². The van der Waals surface area contributed by atoms with Crippen molar-refractivity contribution < 1.29 is 33.8 Å². The zero-order valence-corrected chi connectivity index (χ0v) is 21.3. The van der Waals surface area contributed by atoms with Crippen molar-refractivity contribution in [3.05, 3.63) is 24.0 Å². The van der Waals surface area contributed by atoms with Gasteiger partial charge in [0, 0.05) is 17.8 Å². The molecule has 0 aromatic heterocycles. The van der Waals surface area contributed by atoms with Gasteiger partial charge in [0.15, 0.2) is 6.23 Å². The largest absolute Gasteiger partial charge is 0.388 e. The number of allylic oxidation sites excluding steroid dienone is 1. The van der Waals surface area contributed by atoms with Crippen LogP contribution in [0.4, 0.5) is 4.79 Å². The number of rotatable bonds is 9. The lowest BCUT2D eigenvalue weighted by Crippen LogP contribution is -2.50. The van der Waals surface area contributed by atoms with Gasteiger partial charge in [0.2, 0.25) is 7.37 Å². The van der Waals surface area contributed by atoms with Crippen LogP contribution in [0.5, 0.6) is 0 Å². The predicted molar refractivity (Wildman–Crippen MR) is 127 cm³/mol. The number of amides is 2. The highest BCUT2D eigenvalue weighted by Crippen LogP contribution is 2.63. The van der Waals surface area contributed by atoms with Crippen molar-refractivity contribution in [3.63, 3.8) is 0 Å². The van der Waals surface area contributed by atoms with E-state index in [0.29, 0.717) is 24.7 Å². The van der Waals surface area contributed by atoms with E-state index in [9.17, 15) is 29.0 Å². The summed E-state index contributed by atoms with van der Waals surface area (Å²) in [4.78, 5) is 23.8. The highest BCUT2D eigenvalue weighted by Gasteiger charge is 2.47. The normalized spacial score (nSPS) is 31.1. The monoisotopic (exact) mass is 496 g/mol. The van der Waals surface area contributed by atoms with E-state index >= 15 is 0 Å². The minimum absolute atomic E-state index is 0.000290. The van der Waals surface area contributed by atoms with E-state index in [1.165, 1.54) is 18.2 Å². The fraction of sp³-hybridized carbons (Fsp3) is 0.684. The quantitative estimate of drug-likeness (QED) is 0.360. The number of aliphatic hydroxyl groups is 2. The molecule has 2 aliphatic rings. The van der Waals surface area contributed by atoms with Gasteiger partial charge in [-0.2, -0.15) is 0 Å². The average Bonchev–Trinajstić information content (AvgIpc) is 2.85. The third-order valence-corrected chi connectivity index (χ3v) is 15.6. The van der Waals surface area contributed by atoms with Crippen molar-refractivity contribution in [1.29, 1.82) is 0 Å². The summed E-state index contributed by atoms with van der Waals surface area (Å²) in [5.74, 6) is -0.213. The molecule has 0 saturated carbocycles. The molecule has 1 saturated heterocycles. The Hall–Kier alpha value is -0.650. The zero-order chi connectivity index (χ0) is 23.8. The van der Waals surface area contributed by atoms with E-state index in [4.69, 9.17) is 4.74 Å². The molecule has 178 valence electrons. The molecule has 6 atom stereocenters. The first kappa shape index (κ1) is 26.6. The van der Waals surface area contributed by atoms with E-state index < -0.39 is 52.0 Å². The Balaban J connectivity index is 2.05. The number of aliphatic hydroxyl groups excluding tert-OH is 2. The number of ether oxygens (including phenoxy) is 1. The van der Waals surface area contributed by atoms with Gasteiger partial charge < -0.3 is 29.7 Å². The highest BCUT2D eigenvalue weighted by atomic mass is 31.2. The molecule has 2 aliphatic heterocycles. The molecule has 12 heteroatoms. The second-order valence-electron chi connectivity index (χ2n) is 9.20. The smallest absolute Gasteiger partial charge is 0.328 e. The van der Waals surface area contributed by atoms with Crippen LogP contribution in [0.1, 0.15) is 19.8 Å². The molecule has 3 unspecified atom stereocenters. The maximum absolute atomic E-state index is 12.5. The topological polar surface area (TPSA) is 136 Å². The maximum Gasteiger partial charge on any atom is 0.328 e. The van der Waals surface area contributed by atoms with Gasteiger partial charge in [-0.05, 0) is 44.6 Å². The van der Waals surface area contributed by atoms with Crippen molar-refractivity contribution in [3.8, 4) is 0 Å². The lowest BCUT2D eigenvalue weighted by Gasteiger charge is -2.32. The lowest BCUT2D eigenvalue weighted by atomic mass is 10.1. The summed E-state index contributed by atoms with van der Waals surface area (Å²) >= 11 is 0. The first-order valence-electron chi connectivity index (χ1n) is 10.1. The van der Waals surface area contributed by atoms with Crippen molar-refractivity contribution in [2.45, 2.75) is 44.3 Å². The molecule has 0 spiro atoms. The van der Waals surface area contributed by atoms with Gasteiger partial charge in [0.1, 0.15) is 12.2 Å². The predicted octanol–water partition coefficient (Wildman–Crippen LogP) is 2.54.